The van der Waals surface area contributed by atoms with Crippen LogP contribution >= 0.6 is 0 Å². The van der Waals surface area contributed by atoms with Crippen molar-refractivity contribution in [3.05, 3.63) is 0 Å². The molecule has 3 heteroatoms. The Morgan fingerprint density at radius 3 is 2.50 bits per heavy atom. The van der Waals surface area contributed by atoms with Gasteiger partial charge in [-0.2, -0.15) is 0 Å². The van der Waals surface area contributed by atoms with E-state index in [0.717, 1.165) is 26.0 Å². The zero-order chi connectivity index (χ0) is 13.7. The van der Waals surface area contributed by atoms with Crippen LogP contribution in [0.1, 0.15) is 47.0 Å². The van der Waals surface area contributed by atoms with Crippen LogP contribution in [-0.2, 0) is 4.74 Å². The molecule has 0 aromatic heterocycles. The van der Waals surface area contributed by atoms with Gasteiger partial charge in [0.25, 0.3) is 0 Å². The molecule has 0 aliphatic carbocycles. The van der Waals surface area contributed by atoms with E-state index in [2.05, 4.69) is 39.6 Å². The highest BCUT2D eigenvalue weighted by Gasteiger charge is 2.27. The van der Waals surface area contributed by atoms with Crippen molar-refractivity contribution in [2.24, 2.45) is 17.6 Å². The highest BCUT2D eigenvalue weighted by Crippen LogP contribution is 2.23. The van der Waals surface area contributed by atoms with Crippen LogP contribution < -0.4 is 5.73 Å². The molecule has 1 aliphatic rings. The van der Waals surface area contributed by atoms with E-state index in [1.54, 1.807) is 0 Å². The Morgan fingerprint density at radius 1 is 1.28 bits per heavy atom. The lowest BCUT2D eigenvalue weighted by atomic mass is 9.94. The van der Waals surface area contributed by atoms with Gasteiger partial charge in [0.05, 0.1) is 6.10 Å². The van der Waals surface area contributed by atoms with Gasteiger partial charge in [-0.05, 0) is 44.7 Å². The van der Waals surface area contributed by atoms with Crippen LogP contribution in [0.2, 0.25) is 0 Å². The minimum atomic E-state index is 0.327. The van der Waals surface area contributed by atoms with E-state index in [1.165, 1.54) is 6.42 Å². The fourth-order valence-electron chi connectivity index (χ4n) is 2.54. The maximum absolute atomic E-state index is 6.12. The first-order valence-corrected chi connectivity index (χ1v) is 7.49. The van der Waals surface area contributed by atoms with Crippen molar-refractivity contribution in [3.8, 4) is 0 Å². The first-order chi connectivity index (χ1) is 8.41. The largest absolute Gasteiger partial charge is 0.378 e. The molecule has 0 saturated carbocycles. The predicted octanol–water partition coefficient (Wildman–Crippen LogP) is 2.50. The lowest BCUT2D eigenvalue weighted by Crippen LogP contribution is -2.43. The van der Waals surface area contributed by atoms with E-state index in [-0.39, 0.29) is 0 Å². The molecular formula is C15H32N2O. The molecule has 1 saturated heterocycles. The average molecular weight is 256 g/mol. The van der Waals surface area contributed by atoms with Gasteiger partial charge in [-0.1, -0.05) is 27.7 Å². The van der Waals surface area contributed by atoms with Crippen molar-refractivity contribution < 1.29 is 4.74 Å². The molecule has 1 heterocycles. The SMILES string of the molecule is CC(C)C(N)CCN(C)C1CCOC(C(C)C)C1. The van der Waals surface area contributed by atoms with Crippen LogP contribution in [-0.4, -0.2) is 43.3 Å². The molecule has 3 unspecified atom stereocenters. The van der Waals surface area contributed by atoms with Gasteiger partial charge in [0.15, 0.2) is 0 Å². The van der Waals surface area contributed by atoms with E-state index < -0.39 is 0 Å². The number of hydrogen-bond donors (Lipinski definition) is 1. The summed E-state index contributed by atoms with van der Waals surface area (Å²) in [6, 6.07) is 0.999. The van der Waals surface area contributed by atoms with Gasteiger partial charge in [-0.3, -0.25) is 0 Å². The zero-order valence-electron chi connectivity index (χ0n) is 12.9. The Bertz CT molecular complexity index is 231. The average Bonchev–Trinajstić information content (AvgIpc) is 2.35. The second-order valence-electron chi connectivity index (χ2n) is 6.51. The maximum Gasteiger partial charge on any atom is 0.0612 e. The quantitative estimate of drug-likeness (QED) is 0.793. The molecule has 1 rings (SSSR count). The van der Waals surface area contributed by atoms with Crippen molar-refractivity contribution in [1.82, 2.24) is 4.90 Å². The van der Waals surface area contributed by atoms with Crippen molar-refractivity contribution in [2.75, 3.05) is 20.2 Å². The normalized spacial score (nSPS) is 27.2. The lowest BCUT2D eigenvalue weighted by Gasteiger charge is -2.37. The van der Waals surface area contributed by atoms with Gasteiger partial charge in [0.2, 0.25) is 0 Å². The topological polar surface area (TPSA) is 38.5 Å². The molecule has 2 N–H and O–H groups in total. The minimum Gasteiger partial charge on any atom is -0.378 e. The predicted molar refractivity (Wildman–Crippen MR) is 77.7 cm³/mol. The van der Waals surface area contributed by atoms with Crippen LogP contribution in [0.3, 0.4) is 0 Å². The molecule has 0 aromatic carbocycles. The van der Waals surface area contributed by atoms with E-state index >= 15 is 0 Å². The Kier molecular flexibility index (Phi) is 6.61. The first-order valence-electron chi connectivity index (χ1n) is 7.49. The second-order valence-corrected chi connectivity index (χ2v) is 6.51. The van der Waals surface area contributed by atoms with Crippen molar-refractivity contribution in [2.45, 2.75) is 65.1 Å². The summed E-state index contributed by atoms with van der Waals surface area (Å²) in [4.78, 5) is 2.49. The molecular weight excluding hydrogens is 224 g/mol. The molecule has 1 fully saturated rings. The van der Waals surface area contributed by atoms with Gasteiger partial charge in [-0.15, -0.1) is 0 Å². The number of ether oxygens (including phenoxy) is 1. The van der Waals surface area contributed by atoms with Crippen molar-refractivity contribution in [3.63, 3.8) is 0 Å². The van der Waals surface area contributed by atoms with E-state index in [1.807, 2.05) is 0 Å². The standard InChI is InChI=1S/C15H32N2O/c1-11(2)14(16)6-8-17(5)13-7-9-18-15(10-13)12(3)4/h11-15H,6-10,16H2,1-5H3. The summed E-state index contributed by atoms with van der Waals surface area (Å²) < 4.78 is 5.83. The van der Waals surface area contributed by atoms with E-state index in [0.29, 0.717) is 30.0 Å². The van der Waals surface area contributed by atoms with Gasteiger partial charge in [-0.25, -0.2) is 0 Å². The highest BCUT2D eigenvalue weighted by atomic mass is 16.5. The fraction of sp³-hybridized carbons (Fsp3) is 1.00. The van der Waals surface area contributed by atoms with Crippen LogP contribution in [0.4, 0.5) is 0 Å². The molecule has 0 bridgehead atoms. The van der Waals surface area contributed by atoms with Crippen molar-refractivity contribution >= 4 is 0 Å². The Labute approximate surface area is 113 Å². The zero-order valence-corrected chi connectivity index (χ0v) is 12.9. The van der Waals surface area contributed by atoms with Crippen LogP contribution in [0.15, 0.2) is 0 Å². The molecule has 0 aromatic rings. The maximum atomic E-state index is 6.12. The third kappa shape index (κ3) is 4.87. The van der Waals surface area contributed by atoms with Gasteiger partial charge < -0.3 is 15.4 Å². The van der Waals surface area contributed by atoms with Crippen LogP contribution in [0.5, 0.6) is 0 Å². The summed E-state index contributed by atoms with van der Waals surface area (Å²) in [6.45, 7) is 10.9. The fourth-order valence-corrected chi connectivity index (χ4v) is 2.54. The summed E-state index contributed by atoms with van der Waals surface area (Å²) >= 11 is 0. The van der Waals surface area contributed by atoms with Crippen LogP contribution in [0, 0.1) is 11.8 Å². The number of hydrogen-bond acceptors (Lipinski definition) is 3. The Morgan fingerprint density at radius 2 is 1.94 bits per heavy atom. The first kappa shape index (κ1) is 15.9. The summed E-state index contributed by atoms with van der Waals surface area (Å²) in [7, 11) is 2.24. The molecule has 0 spiro atoms. The Balaban J connectivity index is 2.34. The second kappa shape index (κ2) is 7.46. The molecule has 3 atom stereocenters. The van der Waals surface area contributed by atoms with Gasteiger partial charge in [0.1, 0.15) is 0 Å². The number of nitrogens with zero attached hydrogens (tertiary/aromatic N) is 1. The lowest BCUT2D eigenvalue weighted by molar-refractivity contribution is -0.0445. The number of rotatable bonds is 6. The third-order valence-corrected chi connectivity index (χ3v) is 4.33. The summed E-state index contributed by atoms with van der Waals surface area (Å²) in [6.07, 6.45) is 3.87. The molecule has 1 aliphatic heterocycles. The summed E-state index contributed by atoms with van der Waals surface area (Å²) in [5.74, 6) is 1.20. The smallest absolute Gasteiger partial charge is 0.0612 e. The van der Waals surface area contributed by atoms with Gasteiger partial charge in [0, 0.05) is 18.7 Å². The summed E-state index contributed by atoms with van der Waals surface area (Å²) in [5.41, 5.74) is 6.12. The molecule has 18 heavy (non-hydrogen) atoms. The monoisotopic (exact) mass is 256 g/mol. The van der Waals surface area contributed by atoms with E-state index in [9.17, 15) is 0 Å². The molecule has 0 radical (unpaired) electrons. The molecule has 0 amide bonds. The summed E-state index contributed by atoms with van der Waals surface area (Å²) in [5, 5.41) is 0. The van der Waals surface area contributed by atoms with Gasteiger partial charge >= 0.3 is 0 Å². The number of nitrogens with two attached hydrogens (primary N) is 1. The third-order valence-electron chi connectivity index (χ3n) is 4.33. The minimum absolute atomic E-state index is 0.327. The van der Waals surface area contributed by atoms with Crippen LogP contribution in [0.25, 0.3) is 0 Å². The Hall–Kier alpha value is -0.120. The van der Waals surface area contributed by atoms with Crippen molar-refractivity contribution in [1.29, 1.82) is 0 Å². The molecule has 3 nitrogen and oxygen atoms in total. The highest BCUT2D eigenvalue weighted by molar-refractivity contribution is 4.80. The molecule has 108 valence electrons. The van der Waals surface area contributed by atoms with E-state index in [4.69, 9.17) is 10.5 Å².